The lowest BCUT2D eigenvalue weighted by molar-refractivity contribution is -0.121. The molecule has 0 saturated heterocycles. The summed E-state index contributed by atoms with van der Waals surface area (Å²) in [6, 6.07) is 0. The Hall–Kier alpha value is -0.630. The number of rotatable bonds is 13. The molecule has 1 rings (SSSR count). The first-order valence-electron chi connectivity index (χ1n) is 9.96. The maximum absolute atomic E-state index is 12.2. The first-order valence-corrected chi connectivity index (χ1v) is 9.96. The summed E-state index contributed by atoms with van der Waals surface area (Å²) in [5.41, 5.74) is 0. The molecule has 0 bridgehead atoms. The largest absolute Gasteiger partial charge is 0.377 e. The van der Waals surface area contributed by atoms with E-state index in [1.54, 1.807) is 7.11 Å². The summed E-state index contributed by atoms with van der Waals surface area (Å²) in [6.07, 6.45) is 18.9. The van der Waals surface area contributed by atoms with Gasteiger partial charge in [-0.05, 0) is 25.2 Å². The molecule has 0 heterocycles. The van der Waals surface area contributed by atoms with Gasteiger partial charge in [0.1, 0.15) is 5.78 Å². The van der Waals surface area contributed by atoms with Gasteiger partial charge in [0.2, 0.25) is 0 Å². The molecule has 1 fully saturated rings. The van der Waals surface area contributed by atoms with Crippen LogP contribution in [0.15, 0.2) is 12.2 Å². The van der Waals surface area contributed by atoms with Crippen LogP contribution in [0.2, 0.25) is 0 Å². The fourth-order valence-corrected chi connectivity index (χ4v) is 3.66. The summed E-state index contributed by atoms with van der Waals surface area (Å²) in [5.74, 6) is 1.23. The second-order valence-electron chi connectivity index (χ2n) is 7.13. The Morgan fingerprint density at radius 2 is 1.78 bits per heavy atom. The van der Waals surface area contributed by atoms with E-state index in [0.717, 1.165) is 25.7 Å². The third-order valence-electron chi connectivity index (χ3n) is 5.24. The zero-order valence-corrected chi connectivity index (χ0v) is 15.7. The molecule has 0 aromatic carbocycles. The molecule has 0 amide bonds. The number of carbonyl (C=O) groups excluding carboxylic acids is 1. The molecule has 0 aliphatic heterocycles. The minimum absolute atomic E-state index is 0.224. The monoisotopic (exact) mass is 322 g/mol. The highest BCUT2D eigenvalue weighted by molar-refractivity contribution is 5.83. The molecule has 0 aromatic heterocycles. The predicted molar refractivity (Wildman–Crippen MR) is 98.7 cm³/mol. The number of allylic oxidation sites excluding steroid dienone is 1. The molecular weight excluding hydrogens is 284 g/mol. The topological polar surface area (TPSA) is 26.3 Å². The van der Waals surface area contributed by atoms with Gasteiger partial charge in [0.15, 0.2) is 0 Å². The van der Waals surface area contributed by atoms with Crippen LogP contribution in [0.3, 0.4) is 0 Å². The Morgan fingerprint density at radius 3 is 2.48 bits per heavy atom. The lowest BCUT2D eigenvalue weighted by atomic mass is 9.89. The summed E-state index contributed by atoms with van der Waals surface area (Å²) < 4.78 is 5.57. The smallest absolute Gasteiger partial charge is 0.136 e. The van der Waals surface area contributed by atoms with Crippen molar-refractivity contribution in [2.24, 2.45) is 11.8 Å². The van der Waals surface area contributed by atoms with E-state index in [0.29, 0.717) is 11.7 Å². The highest BCUT2D eigenvalue weighted by Crippen LogP contribution is 2.34. The highest BCUT2D eigenvalue weighted by atomic mass is 16.5. The second-order valence-corrected chi connectivity index (χ2v) is 7.13. The molecule has 3 atom stereocenters. The highest BCUT2D eigenvalue weighted by Gasteiger charge is 2.32. The molecule has 0 spiro atoms. The molecule has 1 aliphatic carbocycles. The van der Waals surface area contributed by atoms with Gasteiger partial charge in [-0.3, -0.25) is 4.79 Å². The van der Waals surface area contributed by atoms with Gasteiger partial charge in [-0.2, -0.15) is 0 Å². The molecule has 134 valence electrons. The number of carbonyl (C=O) groups is 1. The quantitative estimate of drug-likeness (QED) is 0.303. The average molecular weight is 323 g/mol. The Bertz CT molecular complexity index is 335. The van der Waals surface area contributed by atoms with Gasteiger partial charge >= 0.3 is 0 Å². The van der Waals surface area contributed by atoms with Gasteiger partial charge in [-0.25, -0.2) is 0 Å². The second kappa shape index (κ2) is 12.8. The summed E-state index contributed by atoms with van der Waals surface area (Å²) in [5, 5.41) is 0. The summed E-state index contributed by atoms with van der Waals surface area (Å²) >= 11 is 0. The normalized spacial score (nSPS) is 23.0. The van der Waals surface area contributed by atoms with E-state index in [-0.39, 0.29) is 12.0 Å². The van der Waals surface area contributed by atoms with Crippen molar-refractivity contribution in [3.63, 3.8) is 0 Å². The van der Waals surface area contributed by atoms with E-state index in [4.69, 9.17) is 4.74 Å². The van der Waals surface area contributed by atoms with E-state index in [1.807, 2.05) is 0 Å². The number of methoxy groups -OCH3 is 1. The molecule has 0 N–H and O–H groups in total. The lowest BCUT2D eigenvalue weighted by Crippen LogP contribution is -2.14. The fourth-order valence-electron chi connectivity index (χ4n) is 3.66. The van der Waals surface area contributed by atoms with Crippen LogP contribution in [0.1, 0.15) is 90.9 Å². The van der Waals surface area contributed by atoms with Crippen LogP contribution in [-0.2, 0) is 9.53 Å². The minimum atomic E-state index is 0.224. The molecule has 1 aliphatic rings. The maximum Gasteiger partial charge on any atom is 0.136 e. The van der Waals surface area contributed by atoms with Crippen molar-refractivity contribution in [1.82, 2.24) is 0 Å². The van der Waals surface area contributed by atoms with Gasteiger partial charge in [0.05, 0.1) is 6.10 Å². The number of ketones is 1. The summed E-state index contributed by atoms with van der Waals surface area (Å²) in [7, 11) is 1.80. The van der Waals surface area contributed by atoms with Crippen LogP contribution in [0.4, 0.5) is 0 Å². The van der Waals surface area contributed by atoms with Gasteiger partial charge in [0, 0.05) is 19.4 Å². The van der Waals surface area contributed by atoms with Crippen molar-refractivity contribution in [1.29, 1.82) is 0 Å². The van der Waals surface area contributed by atoms with Crippen molar-refractivity contribution in [3.05, 3.63) is 12.2 Å². The lowest BCUT2D eigenvalue weighted by Gasteiger charge is -2.16. The van der Waals surface area contributed by atoms with Gasteiger partial charge in [0.25, 0.3) is 0 Å². The average Bonchev–Trinajstić information content (AvgIpc) is 2.91. The first-order chi connectivity index (χ1) is 11.2. The van der Waals surface area contributed by atoms with Crippen LogP contribution < -0.4 is 0 Å². The molecule has 0 aromatic rings. The van der Waals surface area contributed by atoms with Crippen LogP contribution in [-0.4, -0.2) is 19.0 Å². The number of hydrogen-bond acceptors (Lipinski definition) is 2. The summed E-state index contributed by atoms with van der Waals surface area (Å²) in [6.45, 7) is 4.47. The zero-order valence-electron chi connectivity index (χ0n) is 15.7. The van der Waals surface area contributed by atoms with E-state index in [1.165, 1.54) is 51.4 Å². The molecule has 0 radical (unpaired) electrons. The van der Waals surface area contributed by atoms with Crippen molar-refractivity contribution in [2.75, 3.05) is 7.11 Å². The Morgan fingerprint density at radius 1 is 1.09 bits per heavy atom. The predicted octanol–water partition coefficient (Wildman–Crippen LogP) is 6.09. The first kappa shape index (κ1) is 20.4. The molecule has 1 saturated carbocycles. The summed E-state index contributed by atoms with van der Waals surface area (Å²) in [4.78, 5) is 12.2. The van der Waals surface area contributed by atoms with Crippen molar-refractivity contribution >= 4 is 5.78 Å². The van der Waals surface area contributed by atoms with Crippen molar-refractivity contribution in [3.8, 4) is 0 Å². The number of unbranched alkanes of at least 4 members (excludes halogenated alkanes) is 6. The Balaban J connectivity index is 2.39. The number of hydrogen-bond donors (Lipinski definition) is 0. The van der Waals surface area contributed by atoms with Crippen LogP contribution in [0.25, 0.3) is 0 Å². The van der Waals surface area contributed by atoms with E-state index < -0.39 is 0 Å². The third-order valence-corrected chi connectivity index (χ3v) is 5.24. The van der Waals surface area contributed by atoms with Gasteiger partial charge in [-0.1, -0.05) is 77.4 Å². The Kier molecular flexibility index (Phi) is 11.3. The molecular formula is C21H38O2. The SMILES string of the molecule is CCCCCCC[C@H]1C(=O)CC[C@@H]1C=CC(CCCCC)OC. The molecule has 1 unspecified atom stereocenters. The minimum Gasteiger partial charge on any atom is -0.377 e. The van der Waals surface area contributed by atoms with Crippen LogP contribution >= 0.6 is 0 Å². The fraction of sp³-hybridized carbons (Fsp3) is 0.857. The zero-order chi connectivity index (χ0) is 16.9. The van der Waals surface area contributed by atoms with Crippen molar-refractivity contribution in [2.45, 2.75) is 97.0 Å². The van der Waals surface area contributed by atoms with Crippen LogP contribution in [0, 0.1) is 11.8 Å². The molecule has 23 heavy (non-hydrogen) atoms. The number of Topliss-reactive ketones (excluding diaryl/α,β-unsaturated/α-hetero) is 1. The van der Waals surface area contributed by atoms with Crippen LogP contribution in [0.5, 0.6) is 0 Å². The van der Waals surface area contributed by atoms with Gasteiger partial charge in [-0.15, -0.1) is 0 Å². The number of ether oxygens (including phenoxy) is 1. The standard InChI is InChI=1S/C21H38O2/c1-4-6-8-9-11-13-20-18(15-17-21(20)22)14-16-19(23-3)12-10-7-5-2/h14,16,18-20H,4-13,15,17H2,1-3H3/t18-,19?,20+/m0/s1. The molecule has 2 nitrogen and oxygen atoms in total. The Labute approximate surface area is 144 Å². The maximum atomic E-state index is 12.2. The molecule has 2 heteroatoms. The third kappa shape index (κ3) is 8.15. The van der Waals surface area contributed by atoms with E-state index >= 15 is 0 Å². The van der Waals surface area contributed by atoms with E-state index in [2.05, 4.69) is 26.0 Å². The van der Waals surface area contributed by atoms with E-state index in [9.17, 15) is 4.79 Å². The van der Waals surface area contributed by atoms with Crippen molar-refractivity contribution < 1.29 is 9.53 Å². The van der Waals surface area contributed by atoms with Gasteiger partial charge < -0.3 is 4.74 Å².